The number of para-hydroxylation sites is 1. The van der Waals surface area contributed by atoms with E-state index >= 15 is 0 Å². The minimum atomic E-state index is -0.430. The van der Waals surface area contributed by atoms with Gasteiger partial charge in [0.15, 0.2) is 0 Å². The Kier molecular flexibility index (Phi) is 6.28. The molecular formula is C25H29N3O4. The molecule has 1 unspecified atom stereocenters. The van der Waals surface area contributed by atoms with Crippen LogP contribution in [0.2, 0.25) is 0 Å². The summed E-state index contributed by atoms with van der Waals surface area (Å²) < 4.78 is 12.5. The number of hydrogen-bond acceptors (Lipinski definition) is 5. The Morgan fingerprint density at radius 2 is 1.97 bits per heavy atom. The number of fused-ring (bicyclic) bond motifs is 1. The van der Waals surface area contributed by atoms with Crippen LogP contribution in [0.25, 0.3) is 16.6 Å². The minimum Gasteiger partial charge on any atom is -0.495 e. The zero-order chi connectivity index (χ0) is 22.8. The van der Waals surface area contributed by atoms with Crippen molar-refractivity contribution in [1.82, 2.24) is 14.5 Å². The van der Waals surface area contributed by atoms with Gasteiger partial charge in [0, 0.05) is 19.6 Å². The summed E-state index contributed by atoms with van der Waals surface area (Å²) in [5.41, 5.74) is 2.02. The molecule has 7 heteroatoms. The summed E-state index contributed by atoms with van der Waals surface area (Å²) in [7, 11) is 3.20. The molecule has 2 aromatic carbocycles. The second-order valence-corrected chi connectivity index (χ2v) is 8.28. The second-order valence-electron chi connectivity index (χ2n) is 8.28. The number of carbonyl (C=O) groups is 1. The molecule has 1 saturated carbocycles. The van der Waals surface area contributed by atoms with Crippen LogP contribution in [0, 0.1) is 12.8 Å². The van der Waals surface area contributed by atoms with Gasteiger partial charge in [0.2, 0.25) is 5.91 Å². The smallest absolute Gasteiger partial charge is 0.266 e. The highest BCUT2D eigenvalue weighted by molar-refractivity contribution is 5.82. The van der Waals surface area contributed by atoms with Gasteiger partial charge in [0.05, 0.1) is 36.3 Å². The van der Waals surface area contributed by atoms with Gasteiger partial charge >= 0.3 is 0 Å². The predicted molar refractivity (Wildman–Crippen MR) is 123 cm³/mol. The Morgan fingerprint density at radius 3 is 2.66 bits per heavy atom. The van der Waals surface area contributed by atoms with Gasteiger partial charge in [0.1, 0.15) is 11.6 Å². The summed E-state index contributed by atoms with van der Waals surface area (Å²) >= 11 is 0. The van der Waals surface area contributed by atoms with Crippen LogP contribution in [0.4, 0.5) is 0 Å². The lowest BCUT2D eigenvalue weighted by Gasteiger charge is -2.31. The van der Waals surface area contributed by atoms with Crippen molar-refractivity contribution in [2.24, 2.45) is 5.92 Å². The zero-order valence-electron chi connectivity index (χ0n) is 19.0. The van der Waals surface area contributed by atoms with Crippen molar-refractivity contribution in [2.45, 2.75) is 32.7 Å². The molecule has 1 aliphatic carbocycles. The van der Waals surface area contributed by atoms with Crippen LogP contribution < -0.4 is 10.3 Å². The summed E-state index contributed by atoms with van der Waals surface area (Å²) in [5.74, 6) is 1.20. The van der Waals surface area contributed by atoms with Crippen LogP contribution >= 0.6 is 0 Å². The largest absolute Gasteiger partial charge is 0.495 e. The maximum absolute atomic E-state index is 13.7. The number of nitrogens with zero attached hydrogens (tertiary/aromatic N) is 3. The third-order valence-corrected chi connectivity index (χ3v) is 5.96. The standard InChI is InChI=1S/C25H29N3O4/c1-16-9-12-22(32-4)21(15-16)28-23(26-20-8-6-5-7-19(20)25(28)30)17(2)27(13-14-31-3)24(29)18-10-11-18/h5-9,12,15,17-18H,10-11,13-14H2,1-4H3. The number of rotatable bonds is 8. The monoisotopic (exact) mass is 435 g/mol. The number of aromatic nitrogens is 2. The average molecular weight is 436 g/mol. The molecule has 1 amide bonds. The molecule has 0 saturated heterocycles. The molecule has 0 aliphatic heterocycles. The molecule has 0 bridgehead atoms. The lowest BCUT2D eigenvalue weighted by Crippen LogP contribution is -2.40. The van der Waals surface area contributed by atoms with E-state index in [0.29, 0.717) is 41.3 Å². The maximum Gasteiger partial charge on any atom is 0.266 e. The molecule has 1 atom stereocenters. The lowest BCUT2D eigenvalue weighted by molar-refractivity contribution is -0.135. The number of aryl methyl sites for hydroxylation is 1. The fourth-order valence-electron chi connectivity index (χ4n) is 4.03. The number of amides is 1. The van der Waals surface area contributed by atoms with Crippen molar-refractivity contribution < 1.29 is 14.3 Å². The number of hydrogen-bond donors (Lipinski definition) is 0. The first-order valence-corrected chi connectivity index (χ1v) is 10.9. The van der Waals surface area contributed by atoms with Crippen molar-refractivity contribution in [3.8, 4) is 11.4 Å². The van der Waals surface area contributed by atoms with Crippen molar-refractivity contribution in [3.63, 3.8) is 0 Å². The van der Waals surface area contributed by atoms with Gasteiger partial charge in [-0.1, -0.05) is 18.2 Å². The Hall–Kier alpha value is -3.19. The Morgan fingerprint density at radius 1 is 1.22 bits per heavy atom. The summed E-state index contributed by atoms with van der Waals surface area (Å²) in [5, 5.41) is 0.518. The first kappa shape index (κ1) is 22.0. The third kappa shape index (κ3) is 4.12. The van der Waals surface area contributed by atoms with Crippen LogP contribution in [-0.4, -0.2) is 47.7 Å². The van der Waals surface area contributed by atoms with Crippen LogP contribution in [0.1, 0.15) is 37.2 Å². The number of methoxy groups -OCH3 is 2. The van der Waals surface area contributed by atoms with Gasteiger partial charge in [-0.3, -0.25) is 14.2 Å². The number of carbonyl (C=O) groups excluding carboxylic acids is 1. The Labute approximate surface area is 187 Å². The van der Waals surface area contributed by atoms with E-state index in [-0.39, 0.29) is 17.4 Å². The van der Waals surface area contributed by atoms with E-state index in [1.165, 1.54) is 0 Å². The molecule has 4 rings (SSSR count). The van der Waals surface area contributed by atoms with Crippen molar-refractivity contribution in [2.75, 3.05) is 27.4 Å². The Bertz CT molecular complexity index is 1200. The van der Waals surface area contributed by atoms with E-state index < -0.39 is 6.04 Å². The van der Waals surface area contributed by atoms with Gasteiger partial charge in [-0.2, -0.15) is 0 Å². The van der Waals surface area contributed by atoms with Crippen LogP contribution in [0.3, 0.4) is 0 Å². The molecule has 1 fully saturated rings. The van der Waals surface area contributed by atoms with E-state index in [0.717, 1.165) is 18.4 Å². The highest BCUT2D eigenvalue weighted by Gasteiger charge is 2.37. The molecule has 1 aliphatic rings. The predicted octanol–water partition coefficient (Wildman–Crippen LogP) is 3.65. The van der Waals surface area contributed by atoms with Crippen LogP contribution in [0.5, 0.6) is 5.75 Å². The normalized spacial score (nSPS) is 14.4. The minimum absolute atomic E-state index is 0.0449. The van der Waals surface area contributed by atoms with Gasteiger partial charge < -0.3 is 14.4 Å². The lowest BCUT2D eigenvalue weighted by atomic mass is 10.1. The van der Waals surface area contributed by atoms with E-state index in [2.05, 4.69) is 0 Å². The first-order valence-electron chi connectivity index (χ1n) is 10.9. The molecule has 168 valence electrons. The first-order chi connectivity index (χ1) is 15.5. The van der Waals surface area contributed by atoms with E-state index in [1.807, 2.05) is 50.2 Å². The van der Waals surface area contributed by atoms with Crippen molar-refractivity contribution in [1.29, 1.82) is 0 Å². The van der Waals surface area contributed by atoms with Gasteiger partial charge in [-0.25, -0.2) is 4.98 Å². The molecule has 0 spiro atoms. The second kappa shape index (κ2) is 9.12. The van der Waals surface area contributed by atoms with E-state index in [9.17, 15) is 9.59 Å². The molecular weight excluding hydrogens is 406 g/mol. The summed E-state index contributed by atoms with van der Waals surface area (Å²) in [6.07, 6.45) is 1.80. The van der Waals surface area contributed by atoms with E-state index in [1.54, 1.807) is 29.8 Å². The molecule has 32 heavy (non-hydrogen) atoms. The fraction of sp³-hybridized carbons (Fsp3) is 0.400. The maximum atomic E-state index is 13.7. The number of benzene rings is 2. The molecule has 1 heterocycles. The highest BCUT2D eigenvalue weighted by atomic mass is 16.5. The number of ether oxygens (including phenoxy) is 2. The van der Waals surface area contributed by atoms with Gasteiger partial charge in [-0.05, 0) is 56.5 Å². The SMILES string of the molecule is COCCN(C(=O)C1CC1)C(C)c1nc2ccccc2c(=O)n1-c1cc(C)ccc1OC. The topological polar surface area (TPSA) is 73.7 Å². The van der Waals surface area contributed by atoms with Crippen LogP contribution in [-0.2, 0) is 9.53 Å². The van der Waals surface area contributed by atoms with Crippen molar-refractivity contribution in [3.05, 3.63) is 64.2 Å². The third-order valence-electron chi connectivity index (χ3n) is 5.96. The molecule has 1 aromatic heterocycles. The fourth-order valence-corrected chi connectivity index (χ4v) is 4.03. The highest BCUT2D eigenvalue weighted by Crippen LogP contribution is 2.35. The molecule has 0 radical (unpaired) electrons. The Balaban J connectivity index is 1.95. The summed E-state index contributed by atoms with van der Waals surface area (Å²) in [6, 6.07) is 12.6. The summed E-state index contributed by atoms with van der Waals surface area (Å²) in [6.45, 7) is 4.73. The zero-order valence-corrected chi connectivity index (χ0v) is 19.0. The summed E-state index contributed by atoms with van der Waals surface area (Å²) in [4.78, 5) is 33.5. The van der Waals surface area contributed by atoms with Gasteiger partial charge in [0.25, 0.3) is 5.56 Å². The quantitative estimate of drug-likeness (QED) is 0.540. The molecule has 3 aromatic rings. The average Bonchev–Trinajstić information content (AvgIpc) is 3.64. The molecule has 0 N–H and O–H groups in total. The molecule has 7 nitrogen and oxygen atoms in total. The van der Waals surface area contributed by atoms with Crippen molar-refractivity contribution >= 4 is 16.8 Å². The van der Waals surface area contributed by atoms with Gasteiger partial charge in [-0.15, -0.1) is 0 Å². The van der Waals surface area contributed by atoms with Crippen LogP contribution in [0.15, 0.2) is 47.3 Å². The van der Waals surface area contributed by atoms with E-state index in [4.69, 9.17) is 14.5 Å².